The molecule has 2 rings (SSSR count). The molecule has 1 unspecified atom stereocenters. The molecule has 0 aliphatic carbocycles. The largest absolute Gasteiger partial charge is 0.390 e. The standard InChI is InChI=1S/C10H14N2O2/c13-7-8-5-12-9(6-11-8)10-3-1-2-4-14-10/h5-6,10,13H,1-4,7H2. The fourth-order valence-corrected chi connectivity index (χ4v) is 1.59. The summed E-state index contributed by atoms with van der Waals surface area (Å²) in [5, 5.41) is 8.81. The lowest BCUT2D eigenvalue weighted by Gasteiger charge is -2.21. The average Bonchev–Trinajstić information content (AvgIpc) is 2.30. The fourth-order valence-electron chi connectivity index (χ4n) is 1.59. The van der Waals surface area contributed by atoms with Gasteiger partial charge < -0.3 is 9.84 Å². The van der Waals surface area contributed by atoms with Crippen molar-refractivity contribution in [2.24, 2.45) is 0 Å². The van der Waals surface area contributed by atoms with Gasteiger partial charge >= 0.3 is 0 Å². The Labute approximate surface area is 83.0 Å². The average molecular weight is 194 g/mol. The van der Waals surface area contributed by atoms with Crippen LogP contribution in [0.5, 0.6) is 0 Å². The Morgan fingerprint density at radius 1 is 1.36 bits per heavy atom. The lowest BCUT2D eigenvalue weighted by Crippen LogP contribution is -2.13. The van der Waals surface area contributed by atoms with E-state index in [-0.39, 0.29) is 12.7 Å². The number of aliphatic hydroxyl groups excluding tert-OH is 1. The molecule has 2 heterocycles. The van der Waals surface area contributed by atoms with Crippen molar-refractivity contribution in [1.29, 1.82) is 0 Å². The van der Waals surface area contributed by atoms with Crippen molar-refractivity contribution < 1.29 is 9.84 Å². The van der Waals surface area contributed by atoms with E-state index in [9.17, 15) is 0 Å². The molecule has 4 nitrogen and oxygen atoms in total. The summed E-state index contributed by atoms with van der Waals surface area (Å²) in [5.41, 5.74) is 1.48. The molecular formula is C10H14N2O2. The first-order chi connectivity index (χ1) is 6.90. The number of rotatable bonds is 2. The van der Waals surface area contributed by atoms with Gasteiger partial charge in [0, 0.05) is 6.61 Å². The molecule has 14 heavy (non-hydrogen) atoms. The van der Waals surface area contributed by atoms with Crippen molar-refractivity contribution >= 4 is 0 Å². The molecule has 0 aromatic carbocycles. The van der Waals surface area contributed by atoms with E-state index in [1.165, 1.54) is 6.42 Å². The third-order valence-corrected chi connectivity index (χ3v) is 2.40. The summed E-state index contributed by atoms with van der Waals surface area (Å²) in [5.74, 6) is 0. The van der Waals surface area contributed by atoms with E-state index in [2.05, 4.69) is 9.97 Å². The number of ether oxygens (including phenoxy) is 1. The minimum Gasteiger partial charge on any atom is -0.390 e. The lowest BCUT2D eigenvalue weighted by atomic mass is 10.1. The van der Waals surface area contributed by atoms with Gasteiger partial charge in [-0.1, -0.05) is 0 Å². The Morgan fingerprint density at radius 3 is 2.86 bits per heavy atom. The molecule has 76 valence electrons. The van der Waals surface area contributed by atoms with Gasteiger partial charge in [-0.25, -0.2) is 0 Å². The Kier molecular flexibility index (Phi) is 3.06. The first-order valence-corrected chi connectivity index (χ1v) is 4.93. The summed E-state index contributed by atoms with van der Waals surface area (Å²) in [6.45, 7) is 0.757. The van der Waals surface area contributed by atoms with Crippen molar-refractivity contribution in [2.75, 3.05) is 6.61 Å². The smallest absolute Gasteiger partial charge is 0.101 e. The van der Waals surface area contributed by atoms with Gasteiger partial charge in [0.1, 0.15) is 6.10 Å². The number of nitrogens with zero attached hydrogens (tertiary/aromatic N) is 2. The zero-order valence-corrected chi connectivity index (χ0v) is 8.02. The Morgan fingerprint density at radius 2 is 2.29 bits per heavy atom. The van der Waals surface area contributed by atoms with Gasteiger partial charge in [-0.3, -0.25) is 9.97 Å². The molecule has 4 heteroatoms. The molecule has 1 N–H and O–H groups in total. The van der Waals surface area contributed by atoms with Crippen LogP contribution >= 0.6 is 0 Å². The molecule has 0 saturated carbocycles. The topological polar surface area (TPSA) is 55.2 Å². The van der Waals surface area contributed by atoms with Crippen molar-refractivity contribution in [2.45, 2.75) is 32.0 Å². The molecule has 1 fully saturated rings. The van der Waals surface area contributed by atoms with Crippen LogP contribution < -0.4 is 0 Å². The van der Waals surface area contributed by atoms with Gasteiger partial charge in [-0.2, -0.15) is 0 Å². The SMILES string of the molecule is OCc1cnc(C2CCCCO2)cn1. The van der Waals surface area contributed by atoms with E-state index in [0.717, 1.165) is 25.1 Å². The van der Waals surface area contributed by atoms with Crippen LogP contribution in [0.3, 0.4) is 0 Å². The first-order valence-electron chi connectivity index (χ1n) is 4.93. The Balaban J connectivity index is 2.07. The van der Waals surface area contributed by atoms with E-state index in [4.69, 9.17) is 9.84 Å². The minimum absolute atomic E-state index is 0.0567. The second-order valence-electron chi connectivity index (χ2n) is 3.45. The van der Waals surface area contributed by atoms with Gasteiger partial charge in [0.2, 0.25) is 0 Å². The number of hydrogen-bond donors (Lipinski definition) is 1. The molecule has 1 saturated heterocycles. The molecular weight excluding hydrogens is 180 g/mol. The van der Waals surface area contributed by atoms with Gasteiger partial charge in [0.15, 0.2) is 0 Å². The summed E-state index contributed by atoms with van der Waals surface area (Å²) in [7, 11) is 0. The van der Waals surface area contributed by atoms with Gasteiger partial charge in [-0.15, -0.1) is 0 Å². The monoisotopic (exact) mass is 194 g/mol. The second-order valence-corrected chi connectivity index (χ2v) is 3.45. The second kappa shape index (κ2) is 4.48. The lowest BCUT2D eigenvalue weighted by molar-refractivity contribution is 0.0120. The summed E-state index contributed by atoms with van der Waals surface area (Å²) in [6, 6.07) is 0. The molecule has 1 atom stereocenters. The number of aliphatic hydroxyl groups is 1. The number of aromatic nitrogens is 2. The van der Waals surface area contributed by atoms with Crippen molar-refractivity contribution in [3.05, 3.63) is 23.8 Å². The molecule has 0 bridgehead atoms. The zero-order chi connectivity index (χ0) is 9.80. The maximum atomic E-state index is 8.81. The van der Waals surface area contributed by atoms with Crippen LogP contribution in [-0.2, 0) is 11.3 Å². The van der Waals surface area contributed by atoms with E-state index in [0.29, 0.717) is 5.69 Å². The molecule has 1 aliphatic heterocycles. The Bertz CT molecular complexity index is 281. The normalized spacial score (nSPS) is 22.2. The maximum Gasteiger partial charge on any atom is 0.101 e. The highest BCUT2D eigenvalue weighted by Crippen LogP contribution is 2.25. The van der Waals surface area contributed by atoms with Crippen molar-refractivity contribution in [3.8, 4) is 0 Å². The summed E-state index contributed by atoms with van der Waals surface area (Å²) in [6.07, 6.45) is 6.75. The molecule has 1 aromatic rings. The van der Waals surface area contributed by atoms with Crippen LogP contribution in [0, 0.1) is 0 Å². The molecule has 0 radical (unpaired) electrons. The summed E-state index contributed by atoms with van der Waals surface area (Å²) in [4.78, 5) is 8.31. The Hall–Kier alpha value is -1.00. The molecule has 0 amide bonds. The first kappa shape index (κ1) is 9.55. The molecule has 0 spiro atoms. The quantitative estimate of drug-likeness (QED) is 0.768. The van der Waals surface area contributed by atoms with Crippen LogP contribution in [0.2, 0.25) is 0 Å². The van der Waals surface area contributed by atoms with Crippen LogP contribution in [0.4, 0.5) is 0 Å². The third kappa shape index (κ3) is 2.08. The summed E-state index contributed by atoms with van der Waals surface area (Å²) < 4.78 is 5.57. The highest BCUT2D eigenvalue weighted by atomic mass is 16.5. The number of hydrogen-bond acceptors (Lipinski definition) is 4. The van der Waals surface area contributed by atoms with Crippen LogP contribution in [0.15, 0.2) is 12.4 Å². The van der Waals surface area contributed by atoms with Crippen LogP contribution in [0.25, 0.3) is 0 Å². The predicted octanol–water partition coefficient (Wildman–Crippen LogP) is 1.21. The van der Waals surface area contributed by atoms with Crippen LogP contribution in [0.1, 0.15) is 36.8 Å². The van der Waals surface area contributed by atoms with Gasteiger partial charge in [-0.05, 0) is 19.3 Å². The highest BCUT2D eigenvalue weighted by molar-refractivity contribution is 5.05. The summed E-state index contributed by atoms with van der Waals surface area (Å²) >= 11 is 0. The van der Waals surface area contributed by atoms with Crippen molar-refractivity contribution in [1.82, 2.24) is 9.97 Å². The third-order valence-electron chi connectivity index (χ3n) is 2.40. The molecule has 1 aliphatic rings. The minimum atomic E-state index is -0.0567. The zero-order valence-electron chi connectivity index (χ0n) is 8.02. The molecule has 1 aromatic heterocycles. The highest BCUT2D eigenvalue weighted by Gasteiger charge is 2.17. The van der Waals surface area contributed by atoms with Gasteiger partial charge in [0.05, 0.1) is 30.4 Å². The fraction of sp³-hybridized carbons (Fsp3) is 0.600. The maximum absolute atomic E-state index is 8.81. The predicted molar refractivity (Wildman–Crippen MR) is 50.5 cm³/mol. The van der Waals surface area contributed by atoms with E-state index < -0.39 is 0 Å². The van der Waals surface area contributed by atoms with Crippen molar-refractivity contribution in [3.63, 3.8) is 0 Å². The van der Waals surface area contributed by atoms with Crippen LogP contribution in [-0.4, -0.2) is 21.7 Å². The van der Waals surface area contributed by atoms with E-state index in [1.807, 2.05) is 0 Å². The van der Waals surface area contributed by atoms with E-state index >= 15 is 0 Å². The van der Waals surface area contributed by atoms with Gasteiger partial charge in [0.25, 0.3) is 0 Å². The van der Waals surface area contributed by atoms with E-state index in [1.54, 1.807) is 12.4 Å².